The molecule has 42 heavy (non-hydrogen) atoms. The van der Waals surface area contributed by atoms with Gasteiger partial charge in [0.25, 0.3) is 0 Å². The molecule has 2 saturated carbocycles. The van der Waals surface area contributed by atoms with Gasteiger partial charge in [-0.05, 0) is 86.6 Å². The van der Waals surface area contributed by atoms with E-state index in [0.29, 0.717) is 40.5 Å². The Kier molecular flexibility index (Phi) is 9.47. The number of carboxylic acid groups (broad SMARTS) is 2. The van der Waals surface area contributed by atoms with Crippen molar-refractivity contribution >= 4 is 28.8 Å². The Balaban J connectivity index is 0.000000830. The molecular weight excluding hydrogens is 566 g/mol. The number of rotatable bonds is 8. The maximum absolute atomic E-state index is 14.5. The summed E-state index contributed by atoms with van der Waals surface area (Å²) in [5, 5.41) is 14.6. The van der Waals surface area contributed by atoms with Crippen molar-refractivity contribution in [1.29, 1.82) is 0 Å². The third-order valence-electron chi connectivity index (χ3n) is 7.96. The molecule has 2 fully saturated rings. The summed E-state index contributed by atoms with van der Waals surface area (Å²) in [6.45, 7) is 0.387. The van der Waals surface area contributed by atoms with Gasteiger partial charge >= 0.3 is 6.16 Å². The van der Waals surface area contributed by atoms with Crippen LogP contribution in [0.15, 0.2) is 60.7 Å². The monoisotopic (exact) mass is 598 g/mol. The average molecular weight is 599 g/mol. The minimum Gasteiger partial charge on any atom is -0.491 e. The third kappa shape index (κ3) is 7.13. The van der Waals surface area contributed by atoms with Gasteiger partial charge in [-0.3, -0.25) is 0 Å². The Morgan fingerprint density at radius 2 is 1.52 bits per heavy atom. The Hall–Kier alpha value is -3.85. The van der Waals surface area contributed by atoms with Crippen LogP contribution >= 0.6 is 11.6 Å². The molecule has 7 nitrogen and oxygen atoms in total. The van der Waals surface area contributed by atoms with Gasteiger partial charge < -0.3 is 24.3 Å². The van der Waals surface area contributed by atoms with E-state index in [1.807, 2.05) is 36.4 Å². The number of hydrogen-bond donors (Lipinski definition) is 2. The predicted molar refractivity (Wildman–Crippen MR) is 157 cm³/mol. The molecule has 1 heterocycles. The van der Waals surface area contributed by atoms with E-state index in [0.717, 1.165) is 55.6 Å². The number of imidazole rings is 1. The number of halogens is 3. The van der Waals surface area contributed by atoms with E-state index in [-0.39, 0.29) is 6.04 Å². The van der Waals surface area contributed by atoms with Gasteiger partial charge in [-0.25, -0.2) is 18.6 Å². The Morgan fingerprint density at radius 3 is 2.14 bits per heavy atom. The van der Waals surface area contributed by atoms with Crippen LogP contribution in [-0.4, -0.2) is 38.6 Å². The Bertz CT molecular complexity index is 1500. The van der Waals surface area contributed by atoms with E-state index >= 15 is 0 Å². The van der Waals surface area contributed by atoms with Crippen molar-refractivity contribution in [2.45, 2.75) is 63.5 Å². The molecule has 1 unspecified atom stereocenters. The lowest BCUT2D eigenvalue weighted by atomic mass is 9.83. The molecule has 0 bridgehead atoms. The standard InChI is InChI=1S/C31H31ClF2N2O2.CH2O3/c32-22-11-9-21(10-12-22)31-35-28-17-26(33)27(34)18-29(28)36(31)30(20-5-2-1-3-6-20)19-37-23-13-15-25(16-14-23)38-24-7-4-8-24;2-1(3)4/h9-18,20,24,30H,1-8,19H2;(H2,2,3,4). The minimum atomic E-state index is -1.83. The van der Waals surface area contributed by atoms with Gasteiger partial charge in [0.05, 0.1) is 23.2 Å². The maximum Gasteiger partial charge on any atom is 0.503 e. The van der Waals surface area contributed by atoms with Crippen LogP contribution in [0.1, 0.15) is 57.4 Å². The largest absolute Gasteiger partial charge is 0.503 e. The van der Waals surface area contributed by atoms with Crippen LogP contribution in [0.25, 0.3) is 22.4 Å². The van der Waals surface area contributed by atoms with E-state index in [1.54, 1.807) is 12.1 Å². The van der Waals surface area contributed by atoms with Crippen molar-refractivity contribution in [2.75, 3.05) is 6.61 Å². The van der Waals surface area contributed by atoms with Gasteiger partial charge in [-0.1, -0.05) is 30.9 Å². The van der Waals surface area contributed by atoms with Crippen LogP contribution in [0.2, 0.25) is 5.02 Å². The minimum absolute atomic E-state index is 0.109. The zero-order valence-corrected chi connectivity index (χ0v) is 23.8. The van der Waals surface area contributed by atoms with Crippen LogP contribution in [0.3, 0.4) is 0 Å². The van der Waals surface area contributed by atoms with E-state index in [9.17, 15) is 8.78 Å². The van der Waals surface area contributed by atoms with Crippen molar-refractivity contribution in [1.82, 2.24) is 9.55 Å². The first-order chi connectivity index (χ1) is 20.3. The van der Waals surface area contributed by atoms with Gasteiger partial charge in [-0.15, -0.1) is 0 Å². The Morgan fingerprint density at radius 1 is 0.905 bits per heavy atom. The van der Waals surface area contributed by atoms with E-state index in [4.69, 9.17) is 41.1 Å². The number of aromatic nitrogens is 2. The number of fused-ring (bicyclic) bond motifs is 1. The summed E-state index contributed by atoms with van der Waals surface area (Å²) < 4.78 is 43.2. The highest BCUT2D eigenvalue weighted by Gasteiger charge is 2.30. The van der Waals surface area contributed by atoms with Crippen molar-refractivity contribution in [3.8, 4) is 22.9 Å². The molecule has 1 aromatic heterocycles. The first-order valence-electron chi connectivity index (χ1n) is 14.2. The van der Waals surface area contributed by atoms with E-state index in [2.05, 4.69) is 4.57 Å². The number of benzene rings is 3. The molecule has 2 aliphatic carbocycles. The highest BCUT2D eigenvalue weighted by Crippen LogP contribution is 2.39. The molecule has 0 spiro atoms. The highest BCUT2D eigenvalue weighted by molar-refractivity contribution is 6.30. The maximum atomic E-state index is 14.5. The third-order valence-corrected chi connectivity index (χ3v) is 8.21. The molecule has 222 valence electrons. The van der Waals surface area contributed by atoms with E-state index in [1.165, 1.54) is 25.0 Å². The summed E-state index contributed by atoms with van der Waals surface area (Å²) >= 11 is 6.16. The first-order valence-corrected chi connectivity index (χ1v) is 14.6. The number of hydrogen-bond acceptors (Lipinski definition) is 4. The van der Waals surface area contributed by atoms with Gasteiger partial charge in [0.2, 0.25) is 0 Å². The lowest BCUT2D eigenvalue weighted by Crippen LogP contribution is -2.28. The molecule has 2 aliphatic rings. The molecule has 3 aromatic carbocycles. The second-order valence-corrected chi connectivity index (χ2v) is 11.2. The topological polar surface area (TPSA) is 93.8 Å². The summed E-state index contributed by atoms with van der Waals surface area (Å²) in [5.41, 5.74) is 1.83. The highest BCUT2D eigenvalue weighted by atomic mass is 35.5. The van der Waals surface area contributed by atoms with Crippen molar-refractivity contribution in [2.24, 2.45) is 5.92 Å². The summed E-state index contributed by atoms with van der Waals surface area (Å²) in [7, 11) is 0. The van der Waals surface area contributed by atoms with Gasteiger partial charge in [0, 0.05) is 22.7 Å². The van der Waals surface area contributed by atoms with Crippen molar-refractivity contribution in [3.05, 3.63) is 77.3 Å². The van der Waals surface area contributed by atoms with Crippen LogP contribution in [0.5, 0.6) is 11.5 Å². The number of ether oxygens (including phenoxy) is 2. The quantitative estimate of drug-likeness (QED) is 0.210. The molecular formula is C32H33ClF2N2O5. The second-order valence-electron chi connectivity index (χ2n) is 10.8. The summed E-state index contributed by atoms with van der Waals surface area (Å²) in [6, 6.07) is 17.5. The second kappa shape index (κ2) is 13.4. The molecule has 0 saturated heterocycles. The van der Waals surface area contributed by atoms with Gasteiger partial charge in [0.15, 0.2) is 11.6 Å². The molecule has 0 amide bonds. The van der Waals surface area contributed by atoms with Crippen LogP contribution in [0.4, 0.5) is 13.6 Å². The van der Waals surface area contributed by atoms with Crippen molar-refractivity contribution in [3.63, 3.8) is 0 Å². The summed E-state index contributed by atoms with van der Waals surface area (Å²) in [4.78, 5) is 13.3. The fraction of sp³-hybridized carbons (Fsp3) is 0.375. The smallest absolute Gasteiger partial charge is 0.491 e. The molecule has 0 radical (unpaired) electrons. The number of nitrogens with zero attached hydrogens (tertiary/aromatic N) is 2. The normalized spacial score (nSPS) is 16.3. The van der Waals surface area contributed by atoms with Crippen LogP contribution in [-0.2, 0) is 0 Å². The Labute approximate surface area is 247 Å². The SMILES string of the molecule is Fc1cc2nc(-c3ccc(Cl)cc3)n(C(COc3ccc(OC4CCC4)cc3)C3CCCCC3)c2cc1F.O=C(O)O. The lowest BCUT2D eigenvalue weighted by molar-refractivity contribution is 0.120. The lowest BCUT2D eigenvalue weighted by Gasteiger charge is -2.33. The number of carbonyl (C=O) groups is 1. The molecule has 4 aromatic rings. The zero-order valence-electron chi connectivity index (χ0n) is 23.0. The zero-order chi connectivity index (χ0) is 29.6. The predicted octanol–water partition coefficient (Wildman–Crippen LogP) is 8.99. The fourth-order valence-electron chi connectivity index (χ4n) is 5.65. The van der Waals surface area contributed by atoms with Gasteiger partial charge in [0.1, 0.15) is 23.9 Å². The van der Waals surface area contributed by atoms with Crippen molar-refractivity contribution < 1.29 is 33.3 Å². The van der Waals surface area contributed by atoms with Crippen LogP contribution < -0.4 is 9.47 Å². The summed E-state index contributed by atoms with van der Waals surface area (Å²) in [5.74, 6) is 0.799. The molecule has 0 aliphatic heterocycles. The average Bonchev–Trinajstić information content (AvgIpc) is 3.30. The molecule has 2 N–H and O–H groups in total. The van der Waals surface area contributed by atoms with E-state index < -0.39 is 17.8 Å². The molecule has 1 atom stereocenters. The summed E-state index contributed by atoms with van der Waals surface area (Å²) in [6.07, 6.45) is 7.52. The fourth-order valence-corrected chi connectivity index (χ4v) is 5.77. The first kappa shape index (κ1) is 29.6. The molecule has 10 heteroatoms. The van der Waals surface area contributed by atoms with Gasteiger partial charge in [-0.2, -0.15) is 0 Å². The van der Waals surface area contributed by atoms with Crippen LogP contribution in [0, 0.1) is 17.6 Å². The molecule has 6 rings (SSSR count).